The van der Waals surface area contributed by atoms with Crippen LogP contribution in [0.2, 0.25) is 0 Å². The van der Waals surface area contributed by atoms with Crippen molar-refractivity contribution in [1.82, 2.24) is 29.9 Å². The van der Waals surface area contributed by atoms with Crippen LogP contribution in [0.1, 0.15) is 59.1 Å². The Hall–Kier alpha value is -3.18. The molecule has 1 amide bonds. The summed E-state index contributed by atoms with van der Waals surface area (Å²) in [4.78, 5) is 11.6. The number of hydrogen-bond donors (Lipinski definition) is 1. The average Bonchev–Trinajstić information content (AvgIpc) is 3.53. The fourth-order valence-electron chi connectivity index (χ4n) is 3.97. The molecule has 1 aliphatic heterocycles. The minimum Gasteiger partial charge on any atom is -0.493 e. The number of carbonyl (C=O) groups excluding carboxylic acids is 1. The molecule has 0 aliphatic carbocycles. The number of aromatic nitrogens is 5. The Kier molecular flexibility index (Phi) is 8.76. The van der Waals surface area contributed by atoms with E-state index < -0.39 is 11.7 Å². The second kappa shape index (κ2) is 12.2. The summed E-state index contributed by atoms with van der Waals surface area (Å²) in [5, 5.41) is 16.2. The van der Waals surface area contributed by atoms with Gasteiger partial charge in [-0.25, -0.2) is 9.48 Å². The lowest BCUT2D eigenvalue weighted by molar-refractivity contribution is -0.0366. The first-order valence-electron chi connectivity index (χ1n) is 12.6. The molecule has 1 N–H and O–H groups in total. The van der Waals surface area contributed by atoms with Crippen LogP contribution in [0.5, 0.6) is 5.75 Å². The van der Waals surface area contributed by atoms with Gasteiger partial charge in [-0.2, -0.15) is 5.10 Å². The Labute approximate surface area is 211 Å². The zero-order valence-electron chi connectivity index (χ0n) is 21.3. The van der Waals surface area contributed by atoms with Crippen LogP contribution < -0.4 is 10.1 Å². The van der Waals surface area contributed by atoms with Crippen LogP contribution in [-0.4, -0.2) is 69.2 Å². The number of benzene rings is 1. The van der Waals surface area contributed by atoms with Crippen LogP contribution in [0.25, 0.3) is 16.6 Å². The molecule has 1 fully saturated rings. The normalized spacial score (nSPS) is 16.2. The van der Waals surface area contributed by atoms with Crippen LogP contribution in [0.15, 0.2) is 31.0 Å². The largest absolute Gasteiger partial charge is 0.493 e. The summed E-state index contributed by atoms with van der Waals surface area (Å²) in [5.74, 6) is 0.750. The quantitative estimate of drug-likeness (QED) is 0.393. The highest BCUT2D eigenvalue weighted by molar-refractivity contribution is 5.87. The van der Waals surface area contributed by atoms with Crippen molar-refractivity contribution < 1.29 is 23.7 Å². The summed E-state index contributed by atoms with van der Waals surface area (Å²) < 4.78 is 26.8. The minimum atomic E-state index is -0.496. The maximum atomic E-state index is 11.6. The molecule has 0 radical (unpaired) electrons. The summed E-state index contributed by atoms with van der Waals surface area (Å²) in [6, 6.07) is 4.04. The fourth-order valence-corrected chi connectivity index (χ4v) is 3.97. The molecule has 196 valence electrons. The van der Waals surface area contributed by atoms with E-state index in [2.05, 4.69) is 26.7 Å². The Balaban J connectivity index is 1.28. The summed E-state index contributed by atoms with van der Waals surface area (Å²) >= 11 is 0. The van der Waals surface area contributed by atoms with Crippen LogP contribution in [-0.2, 0) is 14.2 Å². The molecule has 11 nitrogen and oxygen atoms in total. The highest BCUT2D eigenvalue weighted by Crippen LogP contribution is 2.33. The molecule has 1 atom stereocenters. The molecule has 1 aromatic carbocycles. The van der Waals surface area contributed by atoms with E-state index in [9.17, 15) is 4.79 Å². The molecule has 1 saturated heterocycles. The van der Waals surface area contributed by atoms with Crippen molar-refractivity contribution >= 4 is 17.0 Å². The van der Waals surface area contributed by atoms with Crippen LogP contribution >= 0.6 is 0 Å². The summed E-state index contributed by atoms with van der Waals surface area (Å²) in [6.45, 7) is 8.39. The highest BCUT2D eigenvalue weighted by atomic mass is 16.6. The van der Waals surface area contributed by atoms with Gasteiger partial charge in [-0.3, -0.25) is 4.57 Å². The van der Waals surface area contributed by atoms with Gasteiger partial charge in [0.2, 0.25) is 0 Å². The molecule has 1 unspecified atom stereocenters. The van der Waals surface area contributed by atoms with Crippen molar-refractivity contribution in [2.45, 2.75) is 64.7 Å². The topological polar surface area (TPSA) is 115 Å². The van der Waals surface area contributed by atoms with E-state index in [-0.39, 0.29) is 6.23 Å². The standard InChI is InChI=1S/C25H36N6O5/c1-25(2,3)36-24(32)26-9-6-10-33-11-7-13-34-22-15-19(30-17-27-28-18-30)14-21-20(22)16-29-31(21)23-8-4-5-12-35-23/h14-18,23H,4-13H2,1-3H3,(H,26,32). The zero-order chi connectivity index (χ0) is 25.4. The monoisotopic (exact) mass is 500 g/mol. The first-order valence-corrected chi connectivity index (χ1v) is 12.6. The van der Waals surface area contributed by atoms with Crippen LogP contribution in [0.4, 0.5) is 4.79 Å². The average molecular weight is 501 g/mol. The van der Waals surface area contributed by atoms with Crippen molar-refractivity contribution in [1.29, 1.82) is 0 Å². The number of nitrogens with zero attached hydrogens (tertiary/aromatic N) is 5. The van der Waals surface area contributed by atoms with Gasteiger partial charge in [0, 0.05) is 38.9 Å². The number of amides is 1. The van der Waals surface area contributed by atoms with Gasteiger partial charge in [-0.1, -0.05) is 0 Å². The summed E-state index contributed by atoms with van der Waals surface area (Å²) in [5.41, 5.74) is 1.36. The van der Waals surface area contributed by atoms with Gasteiger partial charge in [0.15, 0.2) is 6.23 Å². The maximum absolute atomic E-state index is 11.6. The molecule has 0 bridgehead atoms. The van der Waals surface area contributed by atoms with Gasteiger partial charge < -0.3 is 24.3 Å². The molecule has 0 spiro atoms. The Bertz CT molecular complexity index is 1100. The smallest absolute Gasteiger partial charge is 0.407 e. The number of fused-ring (bicyclic) bond motifs is 1. The van der Waals surface area contributed by atoms with Gasteiger partial charge >= 0.3 is 6.09 Å². The molecule has 0 saturated carbocycles. The van der Waals surface area contributed by atoms with Crippen LogP contribution in [0.3, 0.4) is 0 Å². The number of ether oxygens (including phenoxy) is 4. The molecule has 3 aromatic rings. The van der Waals surface area contributed by atoms with E-state index in [1.807, 2.05) is 42.3 Å². The van der Waals surface area contributed by atoms with Gasteiger partial charge in [-0.05, 0) is 52.5 Å². The van der Waals surface area contributed by atoms with Gasteiger partial charge in [-0.15, -0.1) is 10.2 Å². The van der Waals surface area contributed by atoms with Gasteiger partial charge in [0.1, 0.15) is 24.0 Å². The highest BCUT2D eigenvalue weighted by Gasteiger charge is 2.21. The third kappa shape index (κ3) is 7.17. The van der Waals surface area contributed by atoms with Gasteiger partial charge in [0.05, 0.1) is 29.4 Å². The molecule has 36 heavy (non-hydrogen) atoms. The first-order chi connectivity index (χ1) is 17.4. The molecule has 11 heteroatoms. The molecule has 1 aliphatic rings. The van der Waals surface area contributed by atoms with E-state index >= 15 is 0 Å². The van der Waals surface area contributed by atoms with E-state index in [0.29, 0.717) is 32.8 Å². The number of carbonyl (C=O) groups is 1. The SMILES string of the molecule is CC(C)(C)OC(=O)NCCCOCCCOc1cc(-n2cnnc2)cc2c1cnn2C1CCCCO1. The zero-order valence-corrected chi connectivity index (χ0v) is 21.3. The number of hydrogen-bond acceptors (Lipinski definition) is 8. The maximum Gasteiger partial charge on any atom is 0.407 e. The van der Waals surface area contributed by atoms with E-state index in [1.165, 1.54) is 0 Å². The summed E-state index contributed by atoms with van der Waals surface area (Å²) in [7, 11) is 0. The lowest BCUT2D eigenvalue weighted by atomic mass is 10.1. The third-order valence-corrected chi connectivity index (χ3v) is 5.63. The molecule has 3 heterocycles. The second-order valence-corrected chi connectivity index (χ2v) is 9.75. The predicted octanol–water partition coefficient (Wildman–Crippen LogP) is 4.02. The Morgan fingerprint density at radius 3 is 2.69 bits per heavy atom. The van der Waals surface area contributed by atoms with E-state index in [1.54, 1.807) is 12.7 Å². The molecular formula is C25H36N6O5. The lowest BCUT2D eigenvalue weighted by Gasteiger charge is -2.23. The first kappa shape index (κ1) is 25.9. The summed E-state index contributed by atoms with van der Waals surface area (Å²) in [6.07, 6.45) is 9.27. The molecule has 4 rings (SSSR count). The van der Waals surface area contributed by atoms with Crippen molar-refractivity contribution in [3.8, 4) is 11.4 Å². The van der Waals surface area contributed by atoms with Crippen molar-refractivity contribution in [3.63, 3.8) is 0 Å². The number of alkyl carbamates (subject to hydrolysis) is 1. The Morgan fingerprint density at radius 1 is 1.14 bits per heavy atom. The third-order valence-electron chi connectivity index (χ3n) is 5.63. The predicted molar refractivity (Wildman–Crippen MR) is 133 cm³/mol. The second-order valence-electron chi connectivity index (χ2n) is 9.75. The lowest BCUT2D eigenvalue weighted by Crippen LogP contribution is -2.33. The van der Waals surface area contributed by atoms with Crippen molar-refractivity contribution in [2.75, 3.05) is 33.0 Å². The van der Waals surface area contributed by atoms with Crippen molar-refractivity contribution in [2.24, 2.45) is 0 Å². The minimum absolute atomic E-state index is 0.0709. The van der Waals surface area contributed by atoms with Gasteiger partial charge in [0.25, 0.3) is 0 Å². The molecular weight excluding hydrogens is 464 g/mol. The van der Waals surface area contributed by atoms with Crippen molar-refractivity contribution in [3.05, 3.63) is 31.0 Å². The van der Waals surface area contributed by atoms with E-state index in [0.717, 1.165) is 54.6 Å². The van der Waals surface area contributed by atoms with E-state index in [4.69, 9.17) is 18.9 Å². The fraction of sp³-hybridized carbons (Fsp3) is 0.600. The number of rotatable bonds is 11. The van der Waals surface area contributed by atoms with Crippen LogP contribution in [0, 0.1) is 0 Å². The number of nitrogens with one attached hydrogen (secondary N) is 1. The molecule has 2 aromatic heterocycles. The Morgan fingerprint density at radius 2 is 1.94 bits per heavy atom.